The van der Waals surface area contributed by atoms with Gasteiger partial charge in [-0.2, -0.15) is 0 Å². The van der Waals surface area contributed by atoms with Crippen LogP contribution in [0.1, 0.15) is 0 Å². The topological polar surface area (TPSA) is 77.4 Å². The Labute approximate surface area is 203 Å². The minimum absolute atomic E-state index is 0.223. The van der Waals surface area contributed by atoms with E-state index >= 15 is 0 Å². The smallest absolute Gasteiger partial charge is 0.256 e. The maximum absolute atomic E-state index is 13.5. The van der Waals surface area contributed by atoms with E-state index in [4.69, 9.17) is 28.4 Å². The summed E-state index contributed by atoms with van der Waals surface area (Å²) in [6.07, 6.45) is 0. The lowest BCUT2D eigenvalue weighted by Gasteiger charge is -2.20. The molecule has 35 heavy (non-hydrogen) atoms. The zero-order valence-corrected chi connectivity index (χ0v) is 20.5. The number of methoxy groups -OCH3 is 6. The van der Waals surface area contributed by atoms with E-state index in [1.54, 1.807) is 71.5 Å². The van der Waals surface area contributed by atoms with Crippen molar-refractivity contribution in [3.63, 3.8) is 0 Å². The number of fused-ring (bicyclic) bond motifs is 1. The number of aromatic nitrogens is 1. The van der Waals surface area contributed by atoms with Crippen LogP contribution < -0.4 is 34.0 Å². The molecule has 8 nitrogen and oxygen atoms in total. The van der Waals surface area contributed by atoms with Crippen LogP contribution in [0.2, 0.25) is 0 Å². The third kappa shape index (κ3) is 4.19. The van der Waals surface area contributed by atoms with Crippen molar-refractivity contribution in [2.24, 2.45) is 0 Å². The normalized spacial score (nSPS) is 10.7. The molecule has 0 bridgehead atoms. The van der Waals surface area contributed by atoms with Crippen molar-refractivity contribution in [3.8, 4) is 51.4 Å². The van der Waals surface area contributed by atoms with Crippen LogP contribution >= 0.6 is 0 Å². The monoisotopic (exact) mass is 477 g/mol. The maximum atomic E-state index is 13.5. The highest BCUT2D eigenvalue weighted by Gasteiger charge is 2.21. The van der Waals surface area contributed by atoms with Gasteiger partial charge in [-0.3, -0.25) is 9.36 Å². The molecular weight excluding hydrogens is 450 g/mol. The molecule has 4 rings (SSSR count). The third-order valence-electron chi connectivity index (χ3n) is 5.80. The molecule has 0 atom stereocenters. The Morgan fingerprint density at radius 2 is 1.17 bits per heavy atom. The average molecular weight is 478 g/mol. The predicted molar refractivity (Wildman–Crippen MR) is 134 cm³/mol. The van der Waals surface area contributed by atoms with Crippen LogP contribution in [0.4, 0.5) is 0 Å². The summed E-state index contributed by atoms with van der Waals surface area (Å²) in [7, 11) is 9.37. The second-order valence-corrected chi connectivity index (χ2v) is 7.57. The van der Waals surface area contributed by atoms with Gasteiger partial charge in [0.05, 0.1) is 48.4 Å². The van der Waals surface area contributed by atoms with E-state index in [9.17, 15) is 4.79 Å². The molecule has 3 aromatic carbocycles. The van der Waals surface area contributed by atoms with Gasteiger partial charge in [0, 0.05) is 22.7 Å². The zero-order chi connectivity index (χ0) is 25.1. The lowest BCUT2D eigenvalue weighted by molar-refractivity contribution is 0.324. The molecule has 0 N–H and O–H groups in total. The molecule has 0 saturated heterocycles. The molecule has 0 unspecified atom stereocenters. The summed E-state index contributed by atoms with van der Waals surface area (Å²) in [6, 6.07) is 16.1. The SMILES string of the molecule is COc1ccc(-n2c(-c3cc(OC)c(OC)c(OC)c3)c3cc(OC)c(OC)cc3cc2=O)cc1. The van der Waals surface area contributed by atoms with Crippen LogP contribution in [-0.4, -0.2) is 47.2 Å². The maximum Gasteiger partial charge on any atom is 0.256 e. The first-order valence-electron chi connectivity index (χ1n) is 10.8. The molecule has 0 saturated carbocycles. The van der Waals surface area contributed by atoms with Gasteiger partial charge < -0.3 is 28.4 Å². The molecule has 0 aliphatic heterocycles. The Morgan fingerprint density at radius 3 is 1.69 bits per heavy atom. The van der Waals surface area contributed by atoms with Crippen molar-refractivity contribution in [2.45, 2.75) is 0 Å². The number of pyridine rings is 1. The fourth-order valence-electron chi connectivity index (χ4n) is 4.14. The molecule has 1 aromatic heterocycles. The van der Waals surface area contributed by atoms with Crippen molar-refractivity contribution < 1.29 is 28.4 Å². The molecule has 0 amide bonds. The van der Waals surface area contributed by atoms with Crippen LogP contribution in [0.25, 0.3) is 27.7 Å². The summed E-state index contributed by atoms with van der Waals surface area (Å²) in [5, 5.41) is 1.47. The van der Waals surface area contributed by atoms with Gasteiger partial charge in [-0.1, -0.05) is 0 Å². The molecule has 0 aliphatic carbocycles. The van der Waals surface area contributed by atoms with Gasteiger partial charge in [0.2, 0.25) is 5.75 Å². The summed E-state index contributed by atoms with van der Waals surface area (Å²) in [4.78, 5) is 13.5. The van der Waals surface area contributed by atoms with Crippen molar-refractivity contribution in [1.29, 1.82) is 0 Å². The first-order valence-corrected chi connectivity index (χ1v) is 10.8. The highest BCUT2D eigenvalue weighted by atomic mass is 16.5. The van der Waals surface area contributed by atoms with E-state index in [0.717, 1.165) is 5.39 Å². The molecule has 1 heterocycles. The van der Waals surface area contributed by atoms with Crippen LogP contribution in [-0.2, 0) is 0 Å². The van der Waals surface area contributed by atoms with E-state index in [2.05, 4.69) is 0 Å². The molecular formula is C27H27NO7. The van der Waals surface area contributed by atoms with Gasteiger partial charge >= 0.3 is 0 Å². The fraction of sp³-hybridized carbons (Fsp3) is 0.222. The lowest BCUT2D eigenvalue weighted by atomic mass is 10.0. The Hall–Kier alpha value is -4.33. The average Bonchev–Trinajstić information content (AvgIpc) is 2.90. The summed E-state index contributed by atoms with van der Waals surface area (Å²) < 4.78 is 34.6. The molecule has 8 heteroatoms. The molecule has 182 valence electrons. The first kappa shape index (κ1) is 23.8. The number of benzene rings is 3. The van der Waals surface area contributed by atoms with Crippen molar-refractivity contribution in [2.75, 3.05) is 42.7 Å². The predicted octanol–water partition coefficient (Wildman–Crippen LogP) is 4.71. The van der Waals surface area contributed by atoms with Crippen LogP contribution in [0.5, 0.6) is 34.5 Å². The van der Waals surface area contributed by atoms with E-state index in [-0.39, 0.29) is 5.56 Å². The quantitative estimate of drug-likeness (QED) is 0.364. The van der Waals surface area contributed by atoms with Gasteiger partial charge in [0.25, 0.3) is 5.56 Å². The summed E-state index contributed by atoms with van der Waals surface area (Å²) in [5.41, 5.74) is 1.75. The second-order valence-electron chi connectivity index (χ2n) is 7.57. The van der Waals surface area contributed by atoms with Crippen molar-refractivity contribution >= 4 is 10.8 Å². The van der Waals surface area contributed by atoms with Crippen LogP contribution in [0, 0.1) is 0 Å². The zero-order valence-electron chi connectivity index (χ0n) is 20.5. The fourth-order valence-corrected chi connectivity index (χ4v) is 4.14. The molecule has 0 fully saturated rings. The number of hydrogen-bond donors (Lipinski definition) is 0. The summed E-state index contributed by atoms with van der Waals surface area (Å²) in [5.74, 6) is 3.13. The molecule has 4 aromatic rings. The Balaban J connectivity index is 2.16. The van der Waals surface area contributed by atoms with Crippen LogP contribution in [0.15, 0.2) is 59.4 Å². The Kier molecular flexibility index (Phi) is 6.73. The van der Waals surface area contributed by atoms with E-state index in [1.807, 2.05) is 30.3 Å². The Bertz CT molecular complexity index is 1400. The first-order chi connectivity index (χ1) is 17.0. The molecule has 0 aliphatic rings. The van der Waals surface area contributed by atoms with Gasteiger partial charge in [0.1, 0.15) is 5.75 Å². The largest absolute Gasteiger partial charge is 0.497 e. The third-order valence-corrected chi connectivity index (χ3v) is 5.80. The van der Waals surface area contributed by atoms with Crippen molar-refractivity contribution in [1.82, 2.24) is 4.57 Å². The van der Waals surface area contributed by atoms with Gasteiger partial charge in [0.15, 0.2) is 23.0 Å². The van der Waals surface area contributed by atoms with E-state index in [0.29, 0.717) is 56.8 Å². The number of hydrogen-bond acceptors (Lipinski definition) is 7. The van der Waals surface area contributed by atoms with Crippen LogP contribution in [0.3, 0.4) is 0 Å². The highest BCUT2D eigenvalue weighted by molar-refractivity contribution is 5.98. The Morgan fingerprint density at radius 1 is 0.600 bits per heavy atom. The van der Waals surface area contributed by atoms with Crippen molar-refractivity contribution in [3.05, 3.63) is 65.0 Å². The minimum Gasteiger partial charge on any atom is -0.497 e. The standard InChI is InChI=1S/C27H27NO7/c1-30-19-9-7-18(8-10-19)28-25(29)14-16-11-21(31-2)22(32-3)15-20(16)26(28)17-12-23(33-4)27(35-6)24(13-17)34-5/h7-15H,1-6H3. The number of rotatable bonds is 8. The van der Waals surface area contributed by atoms with Gasteiger partial charge in [-0.05, 0) is 53.9 Å². The highest BCUT2D eigenvalue weighted by Crippen LogP contribution is 2.44. The summed E-state index contributed by atoms with van der Waals surface area (Å²) >= 11 is 0. The van der Waals surface area contributed by atoms with E-state index < -0.39 is 0 Å². The lowest BCUT2D eigenvalue weighted by Crippen LogP contribution is -2.19. The molecule has 0 radical (unpaired) electrons. The molecule has 0 spiro atoms. The number of nitrogens with zero attached hydrogens (tertiary/aromatic N) is 1. The summed E-state index contributed by atoms with van der Waals surface area (Å²) in [6.45, 7) is 0. The minimum atomic E-state index is -0.223. The van der Waals surface area contributed by atoms with Gasteiger partial charge in [-0.15, -0.1) is 0 Å². The van der Waals surface area contributed by atoms with Gasteiger partial charge in [-0.25, -0.2) is 0 Å². The van der Waals surface area contributed by atoms with E-state index in [1.165, 1.54) is 0 Å². The number of ether oxygens (including phenoxy) is 6. The second kappa shape index (κ2) is 9.89.